The molecule has 0 heterocycles. The Balaban J connectivity index is 4.33. The Morgan fingerprint density at radius 1 is 0.508 bits per heavy atom. The molecule has 0 aliphatic heterocycles. The molecule has 9 nitrogen and oxygen atoms in total. The molecular formula is C52H90NO8+. The van der Waals surface area contributed by atoms with Gasteiger partial charge in [-0.1, -0.05) is 164 Å². The number of rotatable bonds is 43. The van der Waals surface area contributed by atoms with Gasteiger partial charge in [0, 0.05) is 12.8 Å². The van der Waals surface area contributed by atoms with Gasteiger partial charge in [-0.05, 0) is 77.0 Å². The number of hydrogen-bond donors (Lipinski definition) is 1. The van der Waals surface area contributed by atoms with E-state index in [0.717, 1.165) is 103 Å². The molecule has 0 aliphatic carbocycles. The zero-order chi connectivity index (χ0) is 44.9. The Morgan fingerprint density at radius 2 is 0.934 bits per heavy atom. The van der Waals surface area contributed by atoms with E-state index < -0.39 is 24.3 Å². The van der Waals surface area contributed by atoms with E-state index in [1.54, 1.807) is 0 Å². The van der Waals surface area contributed by atoms with Crippen LogP contribution in [0.25, 0.3) is 0 Å². The van der Waals surface area contributed by atoms with Gasteiger partial charge in [-0.15, -0.1) is 0 Å². The average Bonchev–Trinajstić information content (AvgIpc) is 3.22. The van der Waals surface area contributed by atoms with Crippen LogP contribution in [0, 0.1) is 0 Å². The summed E-state index contributed by atoms with van der Waals surface area (Å²) in [6, 6.07) is 0. The Hall–Kier alpha value is -3.27. The molecule has 61 heavy (non-hydrogen) atoms. The van der Waals surface area contributed by atoms with Gasteiger partial charge in [-0.2, -0.15) is 0 Å². The van der Waals surface area contributed by atoms with E-state index in [1.165, 1.54) is 44.9 Å². The first-order chi connectivity index (χ1) is 29.6. The number of allylic oxidation sites excluding steroid dienone is 12. The van der Waals surface area contributed by atoms with Crippen molar-refractivity contribution in [2.75, 3.05) is 47.5 Å². The van der Waals surface area contributed by atoms with Crippen LogP contribution in [-0.4, -0.2) is 87.4 Å². The molecule has 0 fully saturated rings. The average molecular weight is 857 g/mol. The van der Waals surface area contributed by atoms with Gasteiger partial charge < -0.3 is 28.5 Å². The van der Waals surface area contributed by atoms with Crippen molar-refractivity contribution in [3.63, 3.8) is 0 Å². The molecule has 0 aromatic rings. The standard InChI is InChI=1S/C52H89NO8/c1-6-8-10-12-14-16-18-19-20-21-22-23-24-25-26-27-28-29-30-31-33-35-37-39-41-43-50(55)61-48(47-60-52(51(56)57)58-45-44-53(3,4)5)46-59-49(54)42-40-38-36-34-32-17-15-13-11-9-7-2/h8,10,13-16,19-20,22-23,25-26,48,52H,6-7,9,11-12,17-18,21,24,27-47H2,1-5H3/p+1/b10-8-,15-13-,16-14-,20-19-,23-22-,26-25-. The van der Waals surface area contributed by atoms with E-state index in [1.807, 2.05) is 21.1 Å². The van der Waals surface area contributed by atoms with Gasteiger partial charge in [-0.3, -0.25) is 9.59 Å². The third-order valence-corrected chi connectivity index (χ3v) is 9.95. The molecule has 0 amide bonds. The smallest absolute Gasteiger partial charge is 0.361 e. The summed E-state index contributed by atoms with van der Waals surface area (Å²) in [5, 5.41) is 9.64. The van der Waals surface area contributed by atoms with Crippen LogP contribution in [0.2, 0.25) is 0 Å². The maximum Gasteiger partial charge on any atom is 0.361 e. The minimum atomic E-state index is -1.51. The summed E-state index contributed by atoms with van der Waals surface area (Å²) in [7, 11) is 5.94. The molecular weight excluding hydrogens is 767 g/mol. The van der Waals surface area contributed by atoms with Crippen molar-refractivity contribution < 1.29 is 42.9 Å². The normalized spacial score (nSPS) is 13.5. The highest BCUT2D eigenvalue weighted by Crippen LogP contribution is 2.14. The number of esters is 2. The number of carboxylic acid groups (broad SMARTS) is 1. The van der Waals surface area contributed by atoms with Gasteiger partial charge in [-0.25, -0.2) is 4.79 Å². The zero-order valence-electron chi connectivity index (χ0n) is 39.5. The lowest BCUT2D eigenvalue weighted by Crippen LogP contribution is -2.40. The Bertz CT molecular complexity index is 1230. The molecule has 0 aliphatic rings. The molecule has 0 aromatic carbocycles. The highest BCUT2D eigenvalue weighted by molar-refractivity contribution is 5.71. The number of nitrogens with zero attached hydrogens (tertiary/aromatic N) is 1. The predicted octanol–water partition coefficient (Wildman–Crippen LogP) is 13.1. The molecule has 350 valence electrons. The molecule has 9 heteroatoms. The second kappa shape index (κ2) is 43.4. The number of hydrogen-bond acceptors (Lipinski definition) is 7. The SMILES string of the molecule is CC/C=C\C/C=C\C/C=C\C/C=C\C/C=C\CCCCCCCCCCCC(=O)OC(COC(=O)CCCCCCC/C=C\CCCC)COC(OCC[N+](C)(C)C)C(=O)O. The fourth-order valence-electron chi connectivity index (χ4n) is 6.20. The molecule has 2 atom stereocenters. The van der Waals surface area contributed by atoms with Crippen LogP contribution in [0.1, 0.15) is 181 Å². The molecule has 0 spiro atoms. The first-order valence-corrected chi connectivity index (χ1v) is 24.1. The van der Waals surface area contributed by atoms with Crippen LogP contribution < -0.4 is 0 Å². The summed E-state index contributed by atoms with van der Waals surface area (Å²) < 4.78 is 22.7. The summed E-state index contributed by atoms with van der Waals surface area (Å²) in [4.78, 5) is 37.1. The Morgan fingerprint density at radius 3 is 1.41 bits per heavy atom. The van der Waals surface area contributed by atoms with E-state index in [4.69, 9.17) is 18.9 Å². The fourth-order valence-corrected chi connectivity index (χ4v) is 6.20. The lowest BCUT2D eigenvalue weighted by atomic mass is 10.1. The Kier molecular flexibility index (Phi) is 41.1. The lowest BCUT2D eigenvalue weighted by Gasteiger charge is -2.25. The van der Waals surface area contributed by atoms with Gasteiger partial charge in [0.1, 0.15) is 13.2 Å². The Labute approximate surface area is 373 Å². The van der Waals surface area contributed by atoms with Gasteiger partial charge >= 0.3 is 17.9 Å². The van der Waals surface area contributed by atoms with Crippen LogP contribution in [0.15, 0.2) is 72.9 Å². The number of quaternary nitrogens is 1. The van der Waals surface area contributed by atoms with E-state index >= 15 is 0 Å². The lowest BCUT2D eigenvalue weighted by molar-refractivity contribution is -0.870. The van der Waals surface area contributed by atoms with Gasteiger partial charge in [0.15, 0.2) is 6.10 Å². The topological polar surface area (TPSA) is 108 Å². The zero-order valence-corrected chi connectivity index (χ0v) is 39.5. The summed E-state index contributed by atoms with van der Waals surface area (Å²) in [6.07, 6.45) is 51.1. The predicted molar refractivity (Wildman–Crippen MR) is 253 cm³/mol. The van der Waals surface area contributed by atoms with Gasteiger partial charge in [0.05, 0.1) is 34.4 Å². The van der Waals surface area contributed by atoms with Crippen LogP contribution >= 0.6 is 0 Å². The number of ether oxygens (including phenoxy) is 4. The summed E-state index contributed by atoms with van der Waals surface area (Å²) in [5.74, 6) is -2.04. The van der Waals surface area contributed by atoms with Crippen molar-refractivity contribution in [2.45, 2.75) is 193 Å². The maximum atomic E-state index is 12.8. The summed E-state index contributed by atoms with van der Waals surface area (Å²) in [6.45, 7) is 4.68. The maximum absolute atomic E-state index is 12.8. The van der Waals surface area contributed by atoms with Crippen molar-refractivity contribution in [1.29, 1.82) is 0 Å². The molecule has 0 rings (SSSR count). The highest BCUT2D eigenvalue weighted by atomic mass is 16.7. The molecule has 0 bridgehead atoms. The molecule has 2 unspecified atom stereocenters. The van der Waals surface area contributed by atoms with Crippen LogP contribution in [0.3, 0.4) is 0 Å². The van der Waals surface area contributed by atoms with Crippen LogP contribution in [-0.2, 0) is 33.3 Å². The number of carbonyl (C=O) groups excluding carboxylic acids is 2. The summed E-state index contributed by atoms with van der Waals surface area (Å²) in [5.41, 5.74) is 0. The second-order valence-corrected chi connectivity index (χ2v) is 17.0. The van der Waals surface area contributed by atoms with E-state index in [-0.39, 0.29) is 38.6 Å². The monoisotopic (exact) mass is 857 g/mol. The first-order valence-electron chi connectivity index (χ1n) is 24.1. The third kappa shape index (κ3) is 44.6. The first kappa shape index (κ1) is 57.7. The number of carboxylic acids is 1. The number of likely N-dealkylation sites (N-methyl/N-ethyl adjacent to an activating group) is 1. The molecule has 0 radical (unpaired) electrons. The second-order valence-electron chi connectivity index (χ2n) is 17.0. The largest absolute Gasteiger partial charge is 0.477 e. The highest BCUT2D eigenvalue weighted by Gasteiger charge is 2.25. The van der Waals surface area contributed by atoms with Gasteiger partial charge in [0.2, 0.25) is 0 Å². The van der Waals surface area contributed by atoms with E-state index in [9.17, 15) is 19.5 Å². The van der Waals surface area contributed by atoms with Crippen molar-refractivity contribution in [1.82, 2.24) is 0 Å². The van der Waals surface area contributed by atoms with Gasteiger partial charge in [0.25, 0.3) is 6.29 Å². The number of aliphatic carboxylic acids is 1. The van der Waals surface area contributed by atoms with E-state index in [2.05, 4.69) is 86.8 Å². The van der Waals surface area contributed by atoms with E-state index in [0.29, 0.717) is 17.4 Å². The van der Waals surface area contributed by atoms with Crippen LogP contribution in [0.5, 0.6) is 0 Å². The van der Waals surface area contributed by atoms with Crippen molar-refractivity contribution in [3.05, 3.63) is 72.9 Å². The molecule has 0 aromatic heterocycles. The minimum Gasteiger partial charge on any atom is -0.477 e. The van der Waals surface area contributed by atoms with Crippen molar-refractivity contribution in [3.8, 4) is 0 Å². The summed E-state index contributed by atoms with van der Waals surface area (Å²) >= 11 is 0. The quantitative estimate of drug-likeness (QED) is 0.0212. The van der Waals surface area contributed by atoms with Crippen LogP contribution in [0.4, 0.5) is 0 Å². The third-order valence-electron chi connectivity index (χ3n) is 9.95. The molecule has 1 N–H and O–H groups in total. The minimum absolute atomic E-state index is 0.182. The fraction of sp³-hybridized carbons (Fsp3) is 0.712. The number of unbranched alkanes of at least 4 members (excludes halogenated alkanes) is 16. The van der Waals surface area contributed by atoms with Crippen molar-refractivity contribution >= 4 is 17.9 Å². The molecule has 0 saturated heterocycles. The van der Waals surface area contributed by atoms with Crippen molar-refractivity contribution in [2.24, 2.45) is 0 Å². The molecule has 0 saturated carbocycles. The number of carbonyl (C=O) groups is 3.